The van der Waals surface area contributed by atoms with E-state index in [0.717, 1.165) is 16.1 Å². The molecule has 26 heavy (non-hydrogen) atoms. The summed E-state index contributed by atoms with van der Waals surface area (Å²) in [5.41, 5.74) is -0.956. The molecule has 1 aromatic carbocycles. The zero-order valence-electron chi connectivity index (χ0n) is 13.2. The summed E-state index contributed by atoms with van der Waals surface area (Å²) in [5, 5.41) is 0.0698. The van der Waals surface area contributed by atoms with Crippen LogP contribution in [0.3, 0.4) is 0 Å². The smallest absolute Gasteiger partial charge is 0.305 e. The number of carbonyl (C=O) groups is 1. The molecule has 0 unspecified atom stereocenters. The minimum absolute atomic E-state index is 0.00443. The van der Waals surface area contributed by atoms with Gasteiger partial charge in [-0.2, -0.15) is 13.2 Å². The number of guanidine groups is 1. The molecule has 12 heteroatoms. The van der Waals surface area contributed by atoms with E-state index in [1.165, 1.54) is 18.2 Å². The Morgan fingerprint density at radius 1 is 1.31 bits per heavy atom. The number of hydrogen-bond donors (Lipinski definition) is 1. The molecule has 0 bridgehead atoms. The molecule has 0 saturated carbocycles. The standard InChI is InChI=1S/C14H12ClF3N4O3S/c1-26(24,25)20-10-6-8(2-3-9(10)15)22-12(23)7-11(14(16,17)18)21-5-4-19-13(21)22/h2-3,6-7,20H,4-5H2,1H3. The summed E-state index contributed by atoms with van der Waals surface area (Å²) in [6.07, 6.45) is -3.29. The zero-order chi connectivity index (χ0) is 19.3. The van der Waals surface area contributed by atoms with E-state index in [1.54, 1.807) is 0 Å². The number of halogens is 4. The fraction of sp³-hybridized carbons (Fsp3) is 0.286. The van der Waals surface area contributed by atoms with Gasteiger partial charge in [-0.3, -0.25) is 14.5 Å². The average Bonchev–Trinajstić information content (AvgIpc) is 2.95. The van der Waals surface area contributed by atoms with Crippen molar-refractivity contribution in [2.24, 2.45) is 4.99 Å². The van der Waals surface area contributed by atoms with Gasteiger partial charge in [-0.25, -0.2) is 13.3 Å². The van der Waals surface area contributed by atoms with Crippen molar-refractivity contribution < 1.29 is 26.4 Å². The van der Waals surface area contributed by atoms with Crippen LogP contribution in [0.15, 0.2) is 35.0 Å². The third kappa shape index (κ3) is 3.49. The second-order valence-electron chi connectivity index (χ2n) is 5.57. The van der Waals surface area contributed by atoms with E-state index in [1.807, 2.05) is 0 Å². The Morgan fingerprint density at radius 3 is 2.62 bits per heavy atom. The van der Waals surface area contributed by atoms with Crippen molar-refractivity contribution in [3.8, 4) is 0 Å². The SMILES string of the molecule is CS(=O)(=O)Nc1cc(N2C(=O)C=C(C(F)(F)F)N3CCN=C32)ccc1Cl. The van der Waals surface area contributed by atoms with Crippen molar-refractivity contribution in [3.63, 3.8) is 0 Å². The molecule has 2 aliphatic heterocycles. The zero-order valence-corrected chi connectivity index (χ0v) is 14.8. The monoisotopic (exact) mass is 408 g/mol. The van der Waals surface area contributed by atoms with E-state index < -0.39 is 27.8 Å². The first kappa shape index (κ1) is 18.5. The molecule has 7 nitrogen and oxygen atoms in total. The maximum Gasteiger partial charge on any atom is 0.431 e. The van der Waals surface area contributed by atoms with Crippen LogP contribution in [0, 0.1) is 0 Å². The Kier molecular flexibility index (Phi) is 4.39. The number of anilines is 2. The van der Waals surface area contributed by atoms with Crippen LogP contribution in [-0.2, 0) is 14.8 Å². The fourth-order valence-electron chi connectivity index (χ4n) is 2.62. The summed E-state index contributed by atoms with van der Waals surface area (Å²) >= 11 is 5.94. The van der Waals surface area contributed by atoms with Gasteiger partial charge in [0.25, 0.3) is 5.91 Å². The number of alkyl halides is 3. The second kappa shape index (κ2) is 6.16. The van der Waals surface area contributed by atoms with Crippen LogP contribution in [0.5, 0.6) is 0 Å². The number of benzene rings is 1. The summed E-state index contributed by atoms with van der Waals surface area (Å²) in [4.78, 5) is 18.2. The number of nitrogens with one attached hydrogen (secondary N) is 1. The lowest BCUT2D eigenvalue weighted by Crippen LogP contribution is -2.51. The summed E-state index contributed by atoms with van der Waals surface area (Å²) < 4.78 is 64.5. The summed E-state index contributed by atoms with van der Waals surface area (Å²) in [6.45, 7) is 0.0705. The number of rotatable bonds is 3. The topological polar surface area (TPSA) is 82.1 Å². The fourth-order valence-corrected chi connectivity index (χ4v) is 3.41. The van der Waals surface area contributed by atoms with Gasteiger partial charge in [-0.05, 0) is 18.2 Å². The lowest BCUT2D eigenvalue weighted by molar-refractivity contribution is -0.119. The van der Waals surface area contributed by atoms with Gasteiger partial charge in [-0.1, -0.05) is 11.6 Å². The van der Waals surface area contributed by atoms with Crippen molar-refractivity contribution in [3.05, 3.63) is 35.0 Å². The average molecular weight is 409 g/mol. The maximum absolute atomic E-state index is 13.2. The van der Waals surface area contributed by atoms with Crippen molar-refractivity contribution >= 4 is 44.9 Å². The van der Waals surface area contributed by atoms with Crippen LogP contribution in [0.4, 0.5) is 24.5 Å². The first-order valence-corrected chi connectivity index (χ1v) is 9.46. The Morgan fingerprint density at radius 2 is 2.00 bits per heavy atom. The van der Waals surface area contributed by atoms with Gasteiger partial charge >= 0.3 is 6.18 Å². The molecule has 0 radical (unpaired) electrons. The van der Waals surface area contributed by atoms with Crippen LogP contribution in [0.2, 0.25) is 5.02 Å². The van der Waals surface area contributed by atoms with E-state index >= 15 is 0 Å². The molecule has 0 saturated heterocycles. The molecule has 0 aliphatic carbocycles. The van der Waals surface area contributed by atoms with Gasteiger partial charge in [0.1, 0.15) is 5.70 Å². The van der Waals surface area contributed by atoms with Crippen molar-refractivity contribution in [1.29, 1.82) is 0 Å². The van der Waals surface area contributed by atoms with Crippen LogP contribution >= 0.6 is 11.6 Å². The molecule has 2 heterocycles. The number of allylic oxidation sites excluding steroid dienone is 1. The van der Waals surface area contributed by atoms with E-state index in [9.17, 15) is 26.4 Å². The number of sulfonamides is 1. The molecule has 1 amide bonds. The number of amides is 1. The molecule has 1 aromatic rings. The minimum Gasteiger partial charge on any atom is -0.305 e. The van der Waals surface area contributed by atoms with Crippen molar-refractivity contribution in [2.75, 3.05) is 29.0 Å². The lowest BCUT2D eigenvalue weighted by Gasteiger charge is -2.35. The second-order valence-corrected chi connectivity index (χ2v) is 7.73. The predicted octanol–water partition coefficient (Wildman–Crippen LogP) is 2.18. The largest absolute Gasteiger partial charge is 0.431 e. The maximum atomic E-state index is 13.2. The summed E-state index contributed by atoms with van der Waals surface area (Å²) in [5.74, 6) is -1.11. The third-order valence-corrected chi connectivity index (χ3v) is 4.50. The number of fused-ring (bicyclic) bond motifs is 1. The molecular weight excluding hydrogens is 397 g/mol. The van der Waals surface area contributed by atoms with Gasteiger partial charge in [0.2, 0.25) is 16.0 Å². The van der Waals surface area contributed by atoms with Crippen molar-refractivity contribution in [1.82, 2.24) is 4.90 Å². The van der Waals surface area contributed by atoms with Crippen LogP contribution in [0.1, 0.15) is 0 Å². The highest BCUT2D eigenvalue weighted by Gasteiger charge is 2.46. The highest BCUT2D eigenvalue weighted by molar-refractivity contribution is 7.92. The van der Waals surface area contributed by atoms with Crippen molar-refractivity contribution in [2.45, 2.75) is 6.18 Å². The number of hydrogen-bond acceptors (Lipinski definition) is 5. The van der Waals surface area contributed by atoms with E-state index in [0.29, 0.717) is 6.08 Å². The molecule has 1 N–H and O–H groups in total. The predicted molar refractivity (Wildman–Crippen MR) is 90.6 cm³/mol. The molecule has 2 aliphatic rings. The number of carbonyl (C=O) groups excluding carboxylic acids is 1. The molecule has 0 atom stereocenters. The van der Waals surface area contributed by atoms with Gasteiger partial charge in [-0.15, -0.1) is 0 Å². The highest BCUT2D eigenvalue weighted by atomic mass is 35.5. The Labute approximate surface area is 151 Å². The minimum atomic E-state index is -4.70. The Hall–Kier alpha value is -2.27. The van der Waals surface area contributed by atoms with Gasteiger partial charge in [0, 0.05) is 12.6 Å². The van der Waals surface area contributed by atoms with E-state index in [-0.39, 0.29) is 35.4 Å². The van der Waals surface area contributed by atoms with Crippen LogP contribution in [0.25, 0.3) is 0 Å². The highest BCUT2D eigenvalue weighted by Crippen LogP contribution is 2.36. The molecule has 0 aromatic heterocycles. The van der Waals surface area contributed by atoms with Gasteiger partial charge in [0.05, 0.1) is 29.2 Å². The van der Waals surface area contributed by atoms with Crippen LogP contribution in [-0.4, -0.2) is 50.7 Å². The quantitative estimate of drug-likeness (QED) is 0.831. The van der Waals surface area contributed by atoms with E-state index in [4.69, 9.17) is 11.6 Å². The molecule has 3 rings (SSSR count). The Balaban J connectivity index is 2.06. The summed E-state index contributed by atoms with van der Waals surface area (Å²) in [6, 6.07) is 3.98. The van der Waals surface area contributed by atoms with Gasteiger partial charge in [0.15, 0.2) is 0 Å². The molecule has 140 valence electrons. The summed E-state index contributed by atoms with van der Waals surface area (Å²) in [7, 11) is -3.65. The van der Waals surface area contributed by atoms with Gasteiger partial charge < -0.3 is 4.90 Å². The number of nitrogens with zero attached hydrogens (tertiary/aromatic N) is 3. The van der Waals surface area contributed by atoms with Crippen LogP contribution < -0.4 is 9.62 Å². The third-order valence-electron chi connectivity index (χ3n) is 3.58. The molecule has 0 spiro atoms. The molecular formula is C14H12ClF3N4O3S. The lowest BCUT2D eigenvalue weighted by atomic mass is 10.2. The van der Waals surface area contributed by atoms with E-state index in [2.05, 4.69) is 9.71 Å². The molecule has 0 fully saturated rings. The first-order valence-electron chi connectivity index (χ1n) is 7.20. The first-order chi connectivity index (χ1) is 12.0. The number of aliphatic imine (C=N–C) groups is 1. The Bertz CT molecular complexity index is 943. The normalized spacial score (nSPS) is 17.8.